The summed E-state index contributed by atoms with van der Waals surface area (Å²) in [5, 5.41) is 18.7. The Morgan fingerprint density at radius 1 is 1.09 bits per heavy atom. The van der Waals surface area contributed by atoms with Gasteiger partial charge in [0, 0.05) is 12.0 Å². The third-order valence-corrected chi connectivity index (χ3v) is 3.64. The van der Waals surface area contributed by atoms with Gasteiger partial charge in [-0.05, 0) is 55.2 Å². The minimum atomic E-state index is -1.17. The molecule has 3 nitrogen and oxygen atoms in total. The zero-order chi connectivity index (χ0) is 17.2. The van der Waals surface area contributed by atoms with E-state index in [4.69, 9.17) is 5.11 Å². The highest BCUT2D eigenvalue weighted by Crippen LogP contribution is 2.31. The van der Waals surface area contributed by atoms with E-state index in [0.717, 1.165) is 0 Å². The molecule has 2 rings (SSSR count). The molecule has 0 aliphatic carbocycles. The van der Waals surface area contributed by atoms with Gasteiger partial charge in [0.2, 0.25) is 0 Å². The predicted octanol–water partition coefficient (Wildman–Crippen LogP) is 3.88. The van der Waals surface area contributed by atoms with E-state index in [1.54, 1.807) is 19.9 Å². The monoisotopic (exact) mass is 320 g/mol. The number of hydrogen-bond donors (Lipinski definition) is 2. The summed E-state index contributed by atoms with van der Waals surface area (Å²) >= 11 is 0. The van der Waals surface area contributed by atoms with E-state index in [1.807, 2.05) is 0 Å². The molecule has 0 amide bonds. The number of carboxylic acid groups (broad SMARTS) is 1. The molecule has 2 aromatic carbocycles. The number of halogens is 2. The van der Waals surface area contributed by atoms with Crippen LogP contribution in [0, 0.1) is 11.6 Å². The van der Waals surface area contributed by atoms with Crippen LogP contribution in [0.2, 0.25) is 0 Å². The SMILES string of the molecule is CC(C)(O)c1ccc(-c2ccc(F)cc2CCC(=O)O)c(F)c1. The number of aryl methyl sites for hydroxylation is 1. The molecule has 0 aliphatic rings. The van der Waals surface area contributed by atoms with Gasteiger partial charge in [0.1, 0.15) is 11.6 Å². The Labute approximate surface area is 133 Å². The first kappa shape index (κ1) is 17.1. The van der Waals surface area contributed by atoms with E-state index in [9.17, 15) is 18.7 Å². The van der Waals surface area contributed by atoms with Crippen molar-refractivity contribution in [2.45, 2.75) is 32.3 Å². The molecular weight excluding hydrogens is 302 g/mol. The summed E-state index contributed by atoms with van der Waals surface area (Å²) in [7, 11) is 0. The average Bonchev–Trinajstić information content (AvgIpc) is 2.44. The number of rotatable bonds is 5. The molecule has 0 bridgehead atoms. The van der Waals surface area contributed by atoms with Gasteiger partial charge in [0.15, 0.2) is 0 Å². The van der Waals surface area contributed by atoms with Gasteiger partial charge in [-0.1, -0.05) is 18.2 Å². The van der Waals surface area contributed by atoms with Crippen molar-refractivity contribution in [3.8, 4) is 11.1 Å². The van der Waals surface area contributed by atoms with Crippen LogP contribution in [-0.2, 0) is 16.8 Å². The zero-order valence-corrected chi connectivity index (χ0v) is 12.9. The van der Waals surface area contributed by atoms with Crippen molar-refractivity contribution >= 4 is 5.97 Å². The molecule has 0 saturated carbocycles. The highest BCUT2D eigenvalue weighted by Gasteiger charge is 2.19. The van der Waals surface area contributed by atoms with Gasteiger partial charge in [-0.25, -0.2) is 8.78 Å². The Morgan fingerprint density at radius 2 is 1.74 bits per heavy atom. The maximum atomic E-state index is 14.4. The van der Waals surface area contributed by atoms with Gasteiger partial charge >= 0.3 is 5.97 Å². The fourth-order valence-corrected chi connectivity index (χ4v) is 2.39. The second-order valence-corrected chi connectivity index (χ2v) is 5.95. The summed E-state index contributed by atoms with van der Waals surface area (Å²) in [6.07, 6.45) is -0.0606. The lowest BCUT2D eigenvalue weighted by Crippen LogP contribution is -2.15. The van der Waals surface area contributed by atoms with Gasteiger partial charge in [-0.2, -0.15) is 0 Å². The molecule has 23 heavy (non-hydrogen) atoms. The van der Waals surface area contributed by atoms with Crippen molar-refractivity contribution < 1.29 is 23.8 Å². The minimum Gasteiger partial charge on any atom is -0.481 e. The molecule has 0 saturated heterocycles. The van der Waals surface area contributed by atoms with Crippen molar-refractivity contribution in [3.63, 3.8) is 0 Å². The predicted molar refractivity (Wildman–Crippen MR) is 83.0 cm³/mol. The molecule has 122 valence electrons. The van der Waals surface area contributed by atoms with E-state index in [1.165, 1.54) is 30.3 Å². The van der Waals surface area contributed by atoms with Crippen molar-refractivity contribution in [2.24, 2.45) is 0 Å². The number of hydrogen-bond acceptors (Lipinski definition) is 2. The standard InChI is InChI=1S/C18H18F2O3/c1-18(2,23)12-4-6-15(16(20)10-12)14-7-5-13(19)9-11(14)3-8-17(21)22/h4-7,9-10,23H,3,8H2,1-2H3,(H,21,22). The molecule has 2 aromatic rings. The second-order valence-electron chi connectivity index (χ2n) is 5.95. The Balaban J connectivity index is 2.47. The van der Waals surface area contributed by atoms with Gasteiger partial charge in [0.25, 0.3) is 0 Å². The molecule has 5 heteroatoms. The van der Waals surface area contributed by atoms with E-state index in [-0.39, 0.29) is 18.4 Å². The molecule has 0 fully saturated rings. The number of benzene rings is 2. The number of aliphatic carboxylic acids is 1. The van der Waals surface area contributed by atoms with Crippen LogP contribution >= 0.6 is 0 Å². The minimum absolute atomic E-state index is 0.106. The Bertz CT molecular complexity index is 734. The lowest BCUT2D eigenvalue weighted by molar-refractivity contribution is -0.136. The second kappa shape index (κ2) is 6.46. The normalized spacial score (nSPS) is 11.5. The molecule has 0 aliphatic heterocycles. The Kier molecular flexibility index (Phi) is 4.80. The summed E-state index contributed by atoms with van der Waals surface area (Å²) in [6.45, 7) is 3.11. The summed E-state index contributed by atoms with van der Waals surface area (Å²) in [5.74, 6) is -2.05. The number of carbonyl (C=O) groups is 1. The van der Waals surface area contributed by atoms with Gasteiger partial charge in [0.05, 0.1) is 5.60 Å². The maximum absolute atomic E-state index is 14.4. The molecule has 0 aromatic heterocycles. The van der Waals surface area contributed by atoms with Crippen molar-refractivity contribution in [1.82, 2.24) is 0 Å². The molecule has 0 heterocycles. The van der Waals surface area contributed by atoms with Gasteiger partial charge < -0.3 is 10.2 Å². The van der Waals surface area contributed by atoms with E-state index < -0.39 is 23.2 Å². The van der Waals surface area contributed by atoms with Crippen molar-refractivity contribution in [3.05, 3.63) is 59.2 Å². The third-order valence-electron chi connectivity index (χ3n) is 3.64. The topological polar surface area (TPSA) is 57.5 Å². The third kappa shape index (κ3) is 4.13. The zero-order valence-electron chi connectivity index (χ0n) is 12.9. The smallest absolute Gasteiger partial charge is 0.303 e. The first-order valence-electron chi connectivity index (χ1n) is 7.21. The van der Waals surface area contributed by atoms with E-state index >= 15 is 0 Å². The van der Waals surface area contributed by atoms with Gasteiger partial charge in [-0.3, -0.25) is 4.79 Å². The number of aliphatic hydroxyl groups is 1. The molecule has 2 N–H and O–H groups in total. The van der Waals surface area contributed by atoms with Crippen LogP contribution in [0.25, 0.3) is 11.1 Å². The van der Waals surface area contributed by atoms with Gasteiger partial charge in [-0.15, -0.1) is 0 Å². The summed E-state index contributed by atoms with van der Waals surface area (Å²) in [5.41, 5.74) is 0.384. The summed E-state index contributed by atoms with van der Waals surface area (Å²) in [6, 6.07) is 8.22. The van der Waals surface area contributed by atoms with Crippen LogP contribution in [0.5, 0.6) is 0 Å². The highest BCUT2D eigenvalue weighted by atomic mass is 19.1. The van der Waals surface area contributed by atoms with Crippen LogP contribution in [0.4, 0.5) is 8.78 Å². The Hall–Kier alpha value is -2.27. The quantitative estimate of drug-likeness (QED) is 0.879. The molecular formula is C18H18F2O3. The highest BCUT2D eigenvalue weighted by molar-refractivity contribution is 5.71. The average molecular weight is 320 g/mol. The fraction of sp³-hybridized carbons (Fsp3) is 0.278. The molecule has 0 spiro atoms. The molecule has 0 unspecified atom stereocenters. The first-order chi connectivity index (χ1) is 10.7. The summed E-state index contributed by atoms with van der Waals surface area (Å²) in [4.78, 5) is 10.7. The van der Waals surface area contributed by atoms with Crippen molar-refractivity contribution in [1.29, 1.82) is 0 Å². The summed E-state index contributed by atoms with van der Waals surface area (Å²) < 4.78 is 27.9. The van der Waals surface area contributed by atoms with E-state index in [0.29, 0.717) is 16.7 Å². The van der Waals surface area contributed by atoms with Crippen LogP contribution in [0.1, 0.15) is 31.4 Å². The van der Waals surface area contributed by atoms with Crippen LogP contribution in [-0.4, -0.2) is 16.2 Å². The lowest BCUT2D eigenvalue weighted by Gasteiger charge is -2.19. The Morgan fingerprint density at radius 3 is 2.30 bits per heavy atom. The maximum Gasteiger partial charge on any atom is 0.303 e. The first-order valence-corrected chi connectivity index (χ1v) is 7.21. The van der Waals surface area contributed by atoms with Crippen LogP contribution in [0.3, 0.4) is 0 Å². The fourth-order valence-electron chi connectivity index (χ4n) is 2.39. The molecule has 0 atom stereocenters. The lowest BCUT2D eigenvalue weighted by atomic mass is 9.92. The number of carboxylic acids is 1. The van der Waals surface area contributed by atoms with Crippen LogP contribution < -0.4 is 0 Å². The van der Waals surface area contributed by atoms with E-state index in [2.05, 4.69) is 0 Å². The van der Waals surface area contributed by atoms with Crippen molar-refractivity contribution in [2.75, 3.05) is 0 Å². The largest absolute Gasteiger partial charge is 0.481 e. The van der Waals surface area contributed by atoms with Crippen LogP contribution in [0.15, 0.2) is 36.4 Å². The molecule has 0 radical (unpaired) electrons.